The fourth-order valence-electron chi connectivity index (χ4n) is 2.31. The number of hydrogen-bond donors (Lipinski definition) is 1. The molecule has 0 amide bonds. The number of allylic oxidation sites excluding steroid dienone is 1. The average Bonchev–Trinajstić information content (AvgIpc) is 2.46. The molecule has 0 radical (unpaired) electrons. The van der Waals surface area contributed by atoms with Crippen molar-refractivity contribution in [3.63, 3.8) is 0 Å². The topological polar surface area (TPSA) is 34.1 Å². The van der Waals surface area contributed by atoms with Crippen molar-refractivity contribution in [1.29, 1.82) is 0 Å². The first kappa shape index (κ1) is 10.8. The van der Waals surface area contributed by atoms with Crippen LogP contribution in [0.3, 0.4) is 0 Å². The van der Waals surface area contributed by atoms with E-state index < -0.39 is 0 Å². The molecule has 0 aliphatic carbocycles. The Morgan fingerprint density at radius 2 is 1.94 bits per heavy atom. The highest BCUT2D eigenvalue weighted by Gasteiger charge is 2.21. The van der Waals surface area contributed by atoms with Gasteiger partial charge in [0.05, 0.1) is 7.11 Å². The molecule has 0 saturated heterocycles. The van der Waals surface area contributed by atoms with Gasteiger partial charge in [-0.1, -0.05) is 30.3 Å². The molecule has 2 heterocycles. The number of hydrogen-bond acceptors (Lipinski definition) is 3. The first-order valence-corrected chi connectivity index (χ1v) is 5.91. The van der Waals surface area contributed by atoms with E-state index in [0.29, 0.717) is 0 Å². The molecule has 1 aliphatic rings. The molecule has 1 N–H and O–H groups in total. The van der Waals surface area contributed by atoms with E-state index in [0.717, 1.165) is 17.1 Å². The Morgan fingerprint density at radius 3 is 2.83 bits per heavy atom. The van der Waals surface area contributed by atoms with Crippen LogP contribution in [0.1, 0.15) is 17.0 Å². The molecule has 1 unspecified atom stereocenters. The molecule has 3 heteroatoms. The Balaban J connectivity index is 2.12. The summed E-state index contributed by atoms with van der Waals surface area (Å²) >= 11 is 0. The molecular weight excluding hydrogens is 224 g/mol. The zero-order valence-electron chi connectivity index (χ0n) is 10.1. The summed E-state index contributed by atoms with van der Waals surface area (Å²) in [6.07, 6.45) is 5.86. The Hall–Kier alpha value is -2.29. The van der Waals surface area contributed by atoms with Crippen molar-refractivity contribution in [1.82, 2.24) is 4.98 Å². The SMILES string of the molecule is COc1ccccc1C1C=CNc2ncccc21. The molecule has 90 valence electrons. The number of ether oxygens (including phenoxy) is 1. The smallest absolute Gasteiger partial charge is 0.133 e. The van der Waals surface area contributed by atoms with Crippen LogP contribution in [0.4, 0.5) is 5.82 Å². The lowest BCUT2D eigenvalue weighted by Gasteiger charge is -2.22. The molecule has 1 aromatic carbocycles. The first-order chi connectivity index (χ1) is 8.90. The van der Waals surface area contributed by atoms with Gasteiger partial charge >= 0.3 is 0 Å². The molecule has 18 heavy (non-hydrogen) atoms. The Bertz CT molecular complexity index is 593. The van der Waals surface area contributed by atoms with Crippen LogP contribution in [0, 0.1) is 0 Å². The molecule has 0 saturated carbocycles. The summed E-state index contributed by atoms with van der Waals surface area (Å²) in [5.74, 6) is 2.01. The first-order valence-electron chi connectivity index (χ1n) is 5.91. The van der Waals surface area contributed by atoms with E-state index in [1.165, 1.54) is 5.56 Å². The van der Waals surface area contributed by atoms with Gasteiger partial charge in [-0.3, -0.25) is 0 Å². The van der Waals surface area contributed by atoms with Crippen LogP contribution < -0.4 is 10.1 Å². The van der Waals surface area contributed by atoms with Gasteiger partial charge in [0.1, 0.15) is 11.6 Å². The predicted molar refractivity (Wildman–Crippen MR) is 71.8 cm³/mol. The highest BCUT2D eigenvalue weighted by Crippen LogP contribution is 2.37. The van der Waals surface area contributed by atoms with Gasteiger partial charge in [0.2, 0.25) is 0 Å². The highest BCUT2D eigenvalue weighted by atomic mass is 16.5. The highest BCUT2D eigenvalue weighted by molar-refractivity contribution is 5.58. The summed E-state index contributed by atoms with van der Waals surface area (Å²) in [7, 11) is 1.70. The quantitative estimate of drug-likeness (QED) is 0.872. The van der Waals surface area contributed by atoms with Crippen molar-refractivity contribution in [2.24, 2.45) is 0 Å². The number of para-hydroxylation sites is 1. The van der Waals surface area contributed by atoms with Crippen LogP contribution >= 0.6 is 0 Å². The number of aromatic nitrogens is 1. The largest absolute Gasteiger partial charge is 0.496 e. The minimum Gasteiger partial charge on any atom is -0.496 e. The normalized spacial score (nSPS) is 16.8. The van der Waals surface area contributed by atoms with Crippen molar-refractivity contribution in [3.05, 3.63) is 66.0 Å². The second-order valence-corrected chi connectivity index (χ2v) is 4.16. The van der Waals surface area contributed by atoms with Crippen LogP contribution in [-0.4, -0.2) is 12.1 Å². The van der Waals surface area contributed by atoms with E-state index in [4.69, 9.17) is 4.74 Å². The fourth-order valence-corrected chi connectivity index (χ4v) is 2.31. The van der Waals surface area contributed by atoms with Gasteiger partial charge in [0.25, 0.3) is 0 Å². The molecular formula is C15H14N2O. The van der Waals surface area contributed by atoms with E-state index in [1.54, 1.807) is 13.3 Å². The minimum atomic E-state index is 0.186. The van der Waals surface area contributed by atoms with Crippen molar-refractivity contribution in [2.45, 2.75) is 5.92 Å². The number of rotatable bonds is 2. The van der Waals surface area contributed by atoms with Gasteiger partial charge in [0.15, 0.2) is 0 Å². The van der Waals surface area contributed by atoms with Gasteiger partial charge < -0.3 is 10.1 Å². The summed E-state index contributed by atoms with van der Waals surface area (Å²) in [6, 6.07) is 12.1. The lowest BCUT2D eigenvalue weighted by atomic mass is 9.89. The lowest BCUT2D eigenvalue weighted by molar-refractivity contribution is 0.409. The van der Waals surface area contributed by atoms with Crippen LogP contribution in [0.5, 0.6) is 5.75 Å². The molecule has 3 nitrogen and oxygen atoms in total. The van der Waals surface area contributed by atoms with Crippen LogP contribution in [0.2, 0.25) is 0 Å². The average molecular weight is 238 g/mol. The standard InChI is InChI=1S/C15H14N2O/c1-18-14-7-3-2-5-12(14)11-8-10-17-15-13(11)6-4-9-16-15/h2-11H,1H3,(H,16,17). The van der Waals surface area contributed by atoms with Crippen molar-refractivity contribution in [2.75, 3.05) is 12.4 Å². The number of anilines is 1. The number of benzene rings is 1. The van der Waals surface area contributed by atoms with Gasteiger partial charge in [-0.15, -0.1) is 0 Å². The molecule has 0 fully saturated rings. The van der Waals surface area contributed by atoms with Gasteiger partial charge in [-0.05, 0) is 18.3 Å². The van der Waals surface area contributed by atoms with Crippen molar-refractivity contribution in [3.8, 4) is 5.75 Å². The van der Waals surface area contributed by atoms with Gasteiger partial charge in [0, 0.05) is 23.2 Å². The predicted octanol–water partition coefficient (Wildman–Crippen LogP) is 3.16. The van der Waals surface area contributed by atoms with Gasteiger partial charge in [-0.25, -0.2) is 4.98 Å². The number of pyridine rings is 1. The molecule has 2 aromatic rings. The Labute approximate surface area is 106 Å². The summed E-state index contributed by atoms with van der Waals surface area (Å²) in [4.78, 5) is 4.35. The maximum Gasteiger partial charge on any atom is 0.133 e. The molecule has 1 atom stereocenters. The van der Waals surface area contributed by atoms with Crippen molar-refractivity contribution < 1.29 is 4.74 Å². The second kappa shape index (κ2) is 4.53. The monoisotopic (exact) mass is 238 g/mol. The van der Waals surface area contributed by atoms with Crippen LogP contribution in [0.25, 0.3) is 0 Å². The molecule has 0 bridgehead atoms. The molecule has 1 aliphatic heterocycles. The molecule has 3 rings (SSSR count). The third-order valence-corrected chi connectivity index (χ3v) is 3.16. The van der Waals surface area contributed by atoms with E-state index in [2.05, 4.69) is 28.5 Å². The van der Waals surface area contributed by atoms with E-state index >= 15 is 0 Å². The maximum absolute atomic E-state index is 5.44. The van der Waals surface area contributed by atoms with Crippen LogP contribution in [0.15, 0.2) is 54.9 Å². The zero-order valence-corrected chi connectivity index (χ0v) is 10.1. The van der Waals surface area contributed by atoms with Gasteiger partial charge in [-0.2, -0.15) is 0 Å². The number of nitrogens with zero attached hydrogens (tertiary/aromatic N) is 1. The third kappa shape index (κ3) is 1.74. The molecule has 1 aromatic heterocycles. The summed E-state index contributed by atoms with van der Waals surface area (Å²) in [5.41, 5.74) is 2.33. The third-order valence-electron chi connectivity index (χ3n) is 3.16. The summed E-state index contributed by atoms with van der Waals surface area (Å²) in [6.45, 7) is 0. The number of fused-ring (bicyclic) bond motifs is 1. The van der Waals surface area contributed by atoms with E-state index in [1.807, 2.05) is 30.5 Å². The lowest BCUT2D eigenvalue weighted by Crippen LogP contribution is -2.09. The fraction of sp³-hybridized carbons (Fsp3) is 0.133. The van der Waals surface area contributed by atoms with Crippen molar-refractivity contribution >= 4 is 5.82 Å². The summed E-state index contributed by atoms with van der Waals surface area (Å²) in [5, 5.41) is 3.17. The summed E-state index contributed by atoms with van der Waals surface area (Å²) < 4.78 is 5.44. The maximum atomic E-state index is 5.44. The minimum absolute atomic E-state index is 0.186. The Morgan fingerprint density at radius 1 is 1.11 bits per heavy atom. The van der Waals surface area contributed by atoms with E-state index in [9.17, 15) is 0 Å². The number of methoxy groups -OCH3 is 1. The number of nitrogens with one attached hydrogen (secondary N) is 1. The zero-order chi connectivity index (χ0) is 12.4. The molecule has 0 spiro atoms. The Kier molecular flexibility index (Phi) is 2.73. The van der Waals surface area contributed by atoms with E-state index in [-0.39, 0.29) is 5.92 Å². The second-order valence-electron chi connectivity index (χ2n) is 4.16. The van der Waals surface area contributed by atoms with Crippen LogP contribution in [-0.2, 0) is 0 Å².